The molecule has 0 radical (unpaired) electrons. The summed E-state index contributed by atoms with van der Waals surface area (Å²) in [5, 5.41) is 10.2. The zero-order chi connectivity index (χ0) is 22.4. The van der Waals surface area contributed by atoms with Crippen molar-refractivity contribution >= 4 is 32.4 Å². The molecule has 0 fully saturated rings. The fraction of sp³-hybridized carbons (Fsp3) is 0.250. The van der Waals surface area contributed by atoms with E-state index in [4.69, 9.17) is 9.47 Å². The van der Waals surface area contributed by atoms with Gasteiger partial charge in [-0.15, -0.1) is 10.2 Å². The zero-order valence-corrected chi connectivity index (χ0v) is 18.8. The van der Waals surface area contributed by atoms with Crippen LogP contribution in [0.1, 0.15) is 35.3 Å². The minimum atomic E-state index is -3.96. The van der Waals surface area contributed by atoms with Crippen molar-refractivity contribution in [3.05, 3.63) is 59.7 Å². The smallest absolute Gasteiger partial charge is 0.270 e. The van der Waals surface area contributed by atoms with Crippen molar-refractivity contribution in [2.75, 3.05) is 19.5 Å². The van der Waals surface area contributed by atoms with Gasteiger partial charge >= 0.3 is 0 Å². The third kappa shape index (κ3) is 5.37. The van der Waals surface area contributed by atoms with E-state index in [1.807, 2.05) is 6.92 Å². The summed E-state index contributed by atoms with van der Waals surface area (Å²) in [6.45, 7) is 1.86. The van der Waals surface area contributed by atoms with E-state index in [0.717, 1.165) is 11.3 Å². The van der Waals surface area contributed by atoms with Crippen LogP contribution in [0.2, 0.25) is 0 Å². The van der Waals surface area contributed by atoms with Gasteiger partial charge in [0.2, 0.25) is 9.47 Å². The maximum atomic E-state index is 12.8. The summed E-state index contributed by atoms with van der Waals surface area (Å²) in [5.41, 5.74) is 1.14. The molecule has 0 aliphatic heterocycles. The van der Waals surface area contributed by atoms with E-state index in [-0.39, 0.29) is 9.47 Å². The summed E-state index contributed by atoms with van der Waals surface area (Å²) in [6, 6.07) is 13.2. The predicted molar refractivity (Wildman–Crippen MR) is 117 cm³/mol. The van der Waals surface area contributed by atoms with Crippen LogP contribution in [0.3, 0.4) is 0 Å². The summed E-state index contributed by atoms with van der Waals surface area (Å²) in [4.78, 5) is 12.2. The number of benzene rings is 2. The van der Waals surface area contributed by atoms with Crippen LogP contribution in [0.5, 0.6) is 11.5 Å². The van der Waals surface area contributed by atoms with E-state index in [2.05, 4.69) is 20.2 Å². The molecule has 1 heterocycles. The number of ether oxygens (including phenoxy) is 2. The van der Waals surface area contributed by atoms with Crippen LogP contribution in [-0.4, -0.2) is 38.7 Å². The maximum Gasteiger partial charge on any atom is 0.270 e. The molecule has 0 saturated heterocycles. The average molecular weight is 463 g/mol. The van der Waals surface area contributed by atoms with Crippen LogP contribution < -0.4 is 19.5 Å². The molecule has 31 heavy (non-hydrogen) atoms. The van der Waals surface area contributed by atoms with Crippen molar-refractivity contribution in [3.8, 4) is 11.5 Å². The fourth-order valence-corrected chi connectivity index (χ4v) is 5.04. The first-order valence-electron chi connectivity index (χ1n) is 9.32. The third-order valence-corrected chi connectivity index (χ3v) is 7.09. The zero-order valence-electron chi connectivity index (χ0n) is 17.2. The molecule has 9 nitrogen and oxygen atoms in total. The van der Waals surface area contributed by atoms with Gasteiger partial charge in [-0.25, -0.2) is 13.1 Å². The van der Waals surface area contributed by atoms with Gasteiger partial charge in [0.25, 0.3) is 15.9 Å². The second-order valence-corrected chi connectivity index (χ2v) is 9.26. The average Bonchev–Trinajstić information content (AvgIpc) is 3.27. The lowest BCUT2D eigenvalue weighted by Crippen LogP contribution is -2.28. The van der Waals surface area contributed by atoms with Gasteiger partial charge in [0.1, 0.15) is 0 Å². The first-order chi connectivity index (χ1) is 14.9. The minimum absolute atomic E-state index is 0.0911. The Balaban J connectivity index is 1.76. The number of hydrogen-bond donors (Lipinski definition) is 2. The van der Waals surface area contributed by atoms with Gasteiger partial charge in [-0.3, -0.25) is 10.1 Å². The molecule has 2 aromatic carbocycles. The SMILES string of the molecule is CC[C@H](NS(=O)(=O)c1nnc(NC(=O)c2ccccc2)s1)c1ccc(OC)c(OC)c1. The molecule has 1 aromatic heterocycles. The summed E-state index contributed by atoms with van der Waals surface area (Å²) >= 11 is 0.775. The minimum Gasteiger partial charge on any atom is -0.493 e. The van der Waals surface area contributed by atoms with Gasteiger partial charge in [0.05, 0.1) is 14.2 Å². The Morgan fingerprint density at radius 3 is 2.42 bits per heavy atom. The highest BCUT2D eigenvalue weighted by molar-refractivity contribution is 7.91. The van der Waals surface area contributed by atoms with E-state index in [1.165, 1.54) is 14.2 Å². The Bertz CT molecular complexity index is 1150. The van der Waals surface area contributed by atoms with Gasteiger partial charge in [0.15, 0.2) is 11.5 Å². The molecule has 3 aromatic rings. The topological polar surface area (TPSA) is 120 Å². The lowest BCUT2D eigenvalue weighted by Gasteiger charge is -2.18. The molecular formula is C20H22N4O5S2. The number of rotatable bonds is 9. The molecule has 0 unspecified atom stereocenters. The molecule has 1 atom stereocenters. The summed E-state index contributed by atoms with van der Waals surface area (Å²) in [6.07, 6.45) is 0.491. The highest BCUT2D eigenvalue weighted by Gasteiger charge is 2.25. The van der Waals surface area contributed by atoms with Crippen LogP contribution in [0.25, 0.3) is 0 Å². The molecule has 0 aliphatic rings. The standard InChI is InChI=1S/C20H22N4O5S2/c1-4-15(14-10-11-16(28-2)17(12-14)29-3)24-31(26,27)20-23-22-19(30-20)21-18(25)13-8-6-5-7-9-13/h5-12,15,24H,4H2,1-3H3,(H,21,22,25)/t15-/m0/s1. The number of methoxy groups -OCH3 is 2. The van der Waals surface area contributed by atoms with Crippen molar-refractivity contribution in [2.24, 2.45) is 0 Å². The second-order valence-electron chi connectivity index (χ2n) is 6.39. The summed E-state index contributed by atoms with van der Waals surface area (Å²) < 4.78 is 38.6. The first-order valence-corrected chi connectivity index (χ1v) is 11.6. The lowest BCUT2D eigenvalue weighted by molar-refractivity contribution is 0.102. The number of aromatic nitrogens is 2. The fourth-order valence-electron chi connectivity index (χ4n) is 2.82. The Labute approximate surface area is 184 Å². The van der Waals surface area contributed by atoms with Gasteiger partial charge in [-0.2, -0.15) is 0 Å². The molecular weight excluding hydrogens is 440 g/mol. The van der Waals surface area contributed by atoms with E-state index >= 15 is 0 Å². The number of sulfonamides is 1. The van der Waals surface area contributed by atoms with Crippen molar-refractivity contribution in [2.45, 2.75) is 23.7 Å². The number of carbonyl (C=O) groups is 1. The third-order valence-electron chi connectivity index (χ3n) is 4.41. The highest BCUT2D eigenvalue weighted by Crippen LogP contribution is 2.32. The Morgan fingerprint density at radius 2 is 1.77 bits per heavy atom. The van der Waals surface area contributed by atoms with Crippen molar-refractivity contribution in [1.29, 1.82) is 0 Å². The van der Waals surface area contributed by atoms with Gasteiger partial charge in [-0.05, 0) is 36.2 Å². The largest absolute Gasteiger partial charge is 0.493 e. The Morgan fingerprint density at radius 1 is 1.06 bits per heavy atom. The Kier molecular flexibility index (Phi) is 7.21. The molecule has 0 spiro atoms. The predicted octanol–water partition coefficient (Wildman–Crippen LogP) is 3.24. The summed E-state index contributed by atoms with van der Waals surface area (Å²) in [7, 11) is -0.921. The van der Waals surface area contributed by atoms with E-state index in [0.29, 0.717) is 29.0 Å². The monoisotopic (exact) mass is 462 g/mol. The van der Waals surface area contributed by atoms with Crippen LogP contribution in [0, 0.1) is 0 Å². The van der Waals surface area contributed by atoms with E-state index in [9.17, 15) is 13.2 Å². The molecule has 0 saturated carbocycles. The normalized spacial score (nSPS) is 12.2. The van der Waals surface area contributed by atoms with Gasteiger partial charge in [-0.1, -0.05) is 42.5 Å². The molecule has 2 N–H and O–H groups in total. The second kappa shape index (κ2) is 9.86. The van der Waals surface area contributed by atoms with Crippen molar-refractivity contribution < 1.29 is 22.7 Å². The number of anilines is 1. The Hall–Kier alpha value is -3.02. The molecule has 1 amide bonds. The van der Waals surface area contributed by atoms with Crippen LogP contribution >= 0.6 is 11.3 Å². The number of nitrogens with zero attached hydrogens (tertiary/aromatic N) is 2. The van der Waals surface area contributed by atoms with Gasteiger partial charge in [0, 0.05) is 11.6 Å². The van der Waals surface area contributed by atoms with Gasteiger partial charge < -0.3 is 9.47 Å². The maximum absolute atomic E-state index is 12.8. The molecule has 0 bridgehead atoms. The molecule has 164 valence electrons. The number of carbonyl (C=O) groups excluding carboxylic acids is 1. The quantitative estimate of drug-likeness (QED) is 0.469. The molecule has 0 aliphatic carbocycles. The number of amides is 1. The van der Waals surface area contributed by atoms with E-state index in [1.54, 1.807) is 48.5 Å². The highest BCUT2D eigenvalue weighted by atomic mass is 32.2. The number of nitrogens with one attached hydrogen (secondary N) is 2. The van der Waals surface area contributed by atoms with Crippen LogP contribution in [-0.2, 0) is 10.0 Å². The van der Waals surface area contributed by atoms with Crippen LogP contribution in [0.4, 0.5) is 5.13 Å². The molecule has 11 heteroatoms. The van der Waals surface area contributed by atoms with E-state index < -0.39 is 22.0 Å². The lowest BCUT2D eigenvalue weighted by atomic mass is 10.1. The molecule has 3 rings (SSSR count). The van der Waals surface area contributed by atoms with Crippen LogP contribution in [0.15, 0.2) is 52.9 Å². The summed E-state index contributed by atoms with van der Waals surface area (Å²) in [5.74, 6) is 0.650. The van der Waals surface area contributed by atoms with Crippen molar-refractivity contribution in [3.63, 3.8) is 0 Å². The first kappa shape index (κ1) is 22.7. The number of hydrogen-bond acceptors (Lipinski definition) is 8. The van der Waals surface area contributed by atoms with Crippen molar-refractivity contribution in [1.82, 2.24) is 14.9 Å².